The first kappa shape index (κ1) is 15.9. The van der Waals surface area contributed by atoms with Crippen molar-refractivity contribution in [2.24, 2.45) is 5.92 Å². The number of hydrogen-bond donors (Lipinski definition) is 1. The minimum atomic E-state index is -0.506. The van der Waals surface area contributed by atoms with Crippen LogP contribution in [-0.4, -0.2) is 36.5 Å². The lowest BCUT2D eigenvalue weighted by atomic mass is 10.0. The highest BCUT2D eigenvalue weighted by atomic mass is 16.6. The summed E-state index contributed by atoms with van der Waals surface area (Å²) in [5.74, 6) is 0.308. The highest BCUT2D eigenvalue weighted by Crippen LogP contribution is 2.29. The fourth-order valence-corrected chi connectivity index (χ4v) is 1.96. The SMILES string of the molecule is CC(C)C(CN(C)C)Nc1cccc(C#N)c1[N+](=O)[O-]. The number of likely N-dealkylation sites (N-methyl/N-ethyl adjacent to an activating group) is 1. The summed E-state index contributed by atoms with van der Waals surface area (Å²) in [6.07, 6.45) is 0. The molecule has 1 atom stereocenters. The van der Waals surface area contributed by atoms with Crippen LogP contribution < -0.4 is 5.32 Å². The summed E-state index contributed by atoms with van der Waals surface area (Å²) in [7, 11) is 3.91. The Hall–Kier alpha value is -2.13. The number of para-hydroxylation sites is 1. The zero-order valence-electron chi connectivity index (χ0n) is 12.3. The van der Waals surface area contributed by atoms with Gasteiger partial charge in [-0.25, -0.2) is 0 Å². The zero-order chi connectivity index (χ0) is 15.3. The van der Waals surface area contributed by atoms with Gasteiger partial charge in [0.2, 0.25) is 0 Å². The molecule has 108 valence electrons. The van der Waals surface area contributed by atoms with E-state index < -0.39 is 4.92 Å². The van der Waals surface area contributed by atoms with Crippen LogP contribution in [0.5, 0.6) is 0 Å². The summed E-state index contributed by atoms with van der Waals surface area (Å²) in [5.41, 5.74) is 0.321. The Bertz CT molecular complexity index is 520. The fraction of sp³-hybridized carbons (Fsp3) is 0.500. The maximum atomic E-state index is 11.2. The first-order chi connectivity index (χ1) is 9.36. The average molecular weight is 276 g/mol. The number of nitro benzene ring substituents is 1. The summed E-state index contributed by atoms with van der Waals surface area (Å²) < 4.78 is 0. The van der Waals surface area contributed by atoms with Gasteiger partial charge in [-0.05, 0) is 32.1 Å². The second-order valence-corrected chi connectivity index (χ2v) is 5.33. The van der Waals surface area contributed by atoms with Crippen molar-refractivity contribution >= 4 is 11.4 Å². The second-order valence-electron chi connectivity index (χ2n) is 5.33. The van der Waals surface area contributed by atoms with E-state index in [1.165, 1.54) is 6.07 Å². The number of nitrogens with zero attached hydrogens (tertiary/aromatic N) is 3. The van der Waals surface area contributed by atoms with Gasteiger partial charge in [0.25, 0.3) is 0 Å². The first-order valence-electron chi connectivity index (χ1n) is 6.45. The molecule has 0 heterocycles. The topological polar surface area (TPSA) is 82.2 Å². The standard InChI is InChI=1S/C14H20N4O2/c1-10(2)13(9-17(3)4)16-12-7-5-6-11(8-15)14(12)18(19)20/h5-7,10,13,16H,9H2,1-4H3. The van der Waals surface area contributed by atoms with Crippen LogP contribution >= 0.6 is 0 Å². The molecule has 0 fully saturated rings. The molecule has 6 nitrogen and oxygen atoms in total. The molecule has 0 saturated heterocycles. The quantitative estimate of drug-likeness (QED) is 0.637. The molecule has 1 rings (SSSR count). The highest BCUT2D eigenvalue weighted by Gasteiger charge is 2.23. The summed E-state index contributed by atoms with van der Waals surface area (Å²) in [5, 5.41) is 23.4. The molecule has 1 aromatic carbocycles. The van der Waals surface area contributed by atoms with Crippen molar-refractivity contribution in [3.05, 3.63) is 33.9 Å². The van der Waals surface area contributed by atoms with E-state index in [-0.39, 0.29) is 17.3 Å². The number of rotatable bonds is 6. The third kappa shape index (κ3) is 3.93. The van der Waals surface area contributed by atoms with Crippen LogP contribution in [0.25, 0.3) is 0 Å². The Morgan fingerprint density at radius 2 is 2.10 bits per heavy atom. The minimum absolute atomic E-state index is 0.0673. The number of nitriles is 1. The van der Waals surface area contributed by atoms with E-state index in [4.69, 9.17) is 5.26 Å². The van der Waals surface area contributed by atoms with E-state index in [2.05, 4.69) is 19.2 Å². The van der Waals surface area contributed by atoms with Crippen molar-refractivity contribution in [2.45, 2.75) is 19.9 Å². The lowest BCUT2D eigenvalue weighted by molar-refractivity contribution is -0.384. The van der Waals surface area contributed by atoms with Crippen molar-refractivity contribution in [3.8, 4) is 6.07 Å². The smallest absolute Gasteiger partial charge is 0.309 e. The summed E-state index contributed by atoms with van der Waals surface area (Å²) in [6, 6.07) is 6.69. The molecule has 0 radical (unpaired) electrons. The Morgan fingerprint density at radius 1 is 1.45 bits per heavy atom. The van der Waals surface area contributed by atoms with Gasteiger partial charge in [-0.1, -0.05) is 19.9 Å². The van der Waals surface area contributed by atoms with Crippen molar-refractivity contribution in [3.63, 3.8) is 0 Å². The Morgan fingerprint density at radius 3 is 2.55 bits per heavy atom. The van der Waals surface area contributed by atoms with Gasteiger partial charge in [0.05, 0.1) is 4.92 Å². The van der Waals surface area contributed by atoms with Crippen LogP contribution in [0, 0.1) is 27.4 Å². The predicted octanol–water partition coefficient (Wildman–Crippen LogP) is 2.46. The second kappa shape index (κ2) is 6.87. The van der Waals surface area contributed by atoms with Crippen molar-refractivity contribution in [2.75, 3.05) is 26.0 Å². The molecule has 0 spiro atoms. The molecule has 0 amide bonds. The van der Waals surface area contributed by atoms with E-state index in [1.807, 2.05) is 25.1 Å². The third-order valence-electron chi connectivity index (χ3n) is 3.05. The third-order valence-corrected chi connectivity index (χ3v) is 3.05. The van der Waals surface area contributed by atoms with Gasteiger partial charge in [-0.2, -0.15) is 5.26 Å². The molecule has 0 aliphatic heterocycles. The number of benzene rings is 1. The van der Waals surface area contributed by atoms with Gasteiger partial charge in [0.1, 0.15) is 17.3 Å². The van der Waals surface area contributed by atoms with Crippen LogP contribution in [0.2, 0.25) is 0 Å². The molecule has 0 aromatic heterocycles. The van der Waals surface area contributed by atoms with Crippen LogP contribution in [0.1, 0.15) is 19.4 Å². The predicted molar refractivity (Wildman–Crippen MR) is 78.6 cm³/mol. The summed E-state index contributed by atoms with van der Waals surface area (Å²) in [6.45, 7) is 4.87. The normalized spacial score (nSPS) is 12.2. The molecule has 20 heavy (non-hydrogen) atoms. The van der Waals surface area contributed by atoms with Gasteiger partial charge in [-0.3, -0.25) is 10.1 Å². The summed E-state index contributed by atoms with van der Waals surface area (Å²) in [4.78, 5) is 12.7. The van der Waals surface area contributed by atoms with Gasteiger partial charge in [-0.15, -0.1) is 0 Å². The molecular weight excluding hydrogens is 256 g/mol. The molecule has 1 N–H and O–H groups in total. The lowest BCUT2D eigenvalue weighted by Gasteiger charge is -2.26. The number of hydrogen-bond acceptors (Lipinski definition) is 5. The Kier molecular flexibility index (Phi) is 5.47. The average Bonchev–Trinajstić information content (AvgIpc) is 2.36. The zero-order valence-corrected chi connectivity index (χ0v) is 12.3. The minimum Gasteiger partial charge on any atom is -0.375 e. The van der Waals surface area contributed by atoms with Gasteiger partial charge in [0, 0.05) is 12.6 Å². The number of anilines is 1. The lowest BCUT2D eigenvalue weighted by Crippen LogP contribution is -2.36. The van der Waals surface area contributed by atoms with Gasteiger partial charge < -0.3 is 10.2 Å². The Labute approximate surface area is 119 Å². The number of nitrogens with one attached hydrogen (secondary N) is 1. The van der Waals surface area contributed by atoms with Crippen molar-refractivity contribution in [1.82, 2.24) is 4.90 Å². The highest BCUT2D eigenvalue weighted by molar-refractivity contribution is 5.68. The first-order valence-corrected chi connectivity index (χ1v) is 6.45. The molecule has 0 saturated carbocycles. The number of nitro groups is 1. The molecular formula is C14H20N4O2. The van der Waals surface area contributed by atoms with E-state index in [1.54, 1.807) is 12.1 Å². The molecule has 0 bridgehead atoms. The van der Waals surface area contributed by atoms with E-state index >= 15 is 0 Å². The van der Waals surface area contributed by atoms with Crippen LogP contribution in [-0.2, 0) is 0 Å². The molecule has 0 aliphatic rings. The van der Waals surface area contributed by atoms with Crippen LogP contribution in [0.3, 0.4) is 0 Å². The van der Waals surface area contributed by atoms with E-state index in [0.717, 1.165) is 6.54 Å². The molecule has 1 aromatic rings. The maximum Gasteiger partial charge on any atom is 0.309 e. The molecule has 0 aliphatic carbocycles. The van der Waals surface area contributed by atoms with E-state index in [0.29, 0.717) is 11.6 Å². The van der Waals surface area contributed by atoms with Crippen molar-refractivity contribution < 1.29 is 4.92 Å². The van der Waals surface area contributed by atoms with Gasteiger partial charge >= 0.3 is 5.69 Å². The van der Waals surface area contributed by atoms with Crippen molar-refractivity contribution in [1.29, 1.82) is 5.26 Å². The molecule has 1 unspecified atom stereocenters. The molecule has 6 heteroatoms. The monoisotopic (exact) mass is 276 g/mol. The summed E-state index contributed by atoms with van der Waals surface area (Å²) >= 11 is 0. The maximum absolute atomic E-state index is 11.2. The Balaban J connectivity index is 3.13. The largest absolute Gasteiger partial charge is 0.375 e. The van der Waals surface area contributed by atoms with Crippen LogP contribution in [0.15, 0.2) is 18.2 Å². The van der Waals surface area contributed by atoms with Gasteiger partial charge in [0.15, 0.2) is 0 Å². The van der Waals surface area contributed by atoms with Crippen LogP contribution in [0.4, 0.5) is 11.4 Å². The fourth-order valence-electron chi connectivity index (χ4n) is 1.96. The van der Waals surface area contributed by atoms with E-state index in [9.17, 15) is 10.1 Å².